The topological polar surface area (TPSA) is 127 Å². The molecule has 0 atom stereocenters. The van der Waals surface area contributed by atoms with Crippen LogP contribution in [-0.2, 0) is 31.3 Å². The van der Waals surface area contributed by atoms with E-state index < -0.39 is 20.0 Å². The number of anilines is 1. The number of amides is 1. The zero-order valence-corrected chi connectivity index (χ0v) is 22.3. The number of nitrogens with one attached hydrogen (secondary N) is 1. The van der Waals surface area contributed by atoms with Crippen LogP contribution in [-0.4, -0.2) is 35.8 Å². The van der Waals surface area contributed by atoms with Crippen molar-refractivity contribution in [3.8, 4) is 0 Å². The summed E-state index contributed by atoms with van der Waals surface area (Å²) in [4.78, 5) is 12.6. The largest absolute Gasteiger partial charge is 0.356 e. The molecule has 0 spiro atoms. The Hall–Kier alpha value is -2.92. The van der Waals surface area contributed by atoms with Crippen LogP contribution in [0.3, 0.4) is 0 Å². The molecule has 0 heterocycles. The van der Waals surface area contributed by atoms with E-state index in [0.29, 0.717) is 23.7 Å². The van der Waals surface area contributed by atoms with Gasteiger partial charge in [-0.2, -0.15) is 0 Å². The van der Waals surface area contributed by atoms with Crippen LogP contribution in [0.2, 0.25) is 5.02 Å². The van der Waals surface area contributed by atoms with E-state index in [2.05, 4.69) is 5.32 Å². The lowest BCUT2D eigenvalue weighted by molar-refractivity contribution is -0.120. The maximum Gasteiger partial charge on any atom is 0.264 e. The fraction of sp³-hybridized carbons (Fsp3) is 0.240. The Kier molecular flexibility index (Phi) is 8.78. The summed E-state index contributed by atoms with van der Waals surface area (Å²) in [5.41, 5.74) is 3.11. The summed E-state index contributed by atoms with van der Waals surface area (Å²) in [6.45, 7) is 4.02. The molecule has 8 nitrogen and oxygen atoms in total. The predicted molar refractivity (Wildman–Crippen MR) is 141 cm³/mol. The highest BCUT2D eigenvalue weighted by atomic mass is 35.5. The van der Waals surface area contributed by atoms with Crippen molar-refractivity contribution in [1.29, 1.82) is 0 Å². The summed E-state index contributed by atoms with van der Waals surface area (Å²) in [5, 5.41) is 8.30. The van der Waals surface area contributed by atoms with Gasteiger partial charge in [0.25, 0.3) is 10.0 Å². The molecule has 3 N–H and O–H groups in total. The lowest BCUT2D eigenvalue weighted by Gasteiger charge is -2.25. The molecule has 0 saturated carbocycles. The second-order valence-electron chi connectivity index (χ2n) is 8.42. The fourth-order valence-electron chi connectivity index (χ4n) is 3.70. The van der Waals surface area contributed by atoms with Crippen LogP contribution in [0.4, 0.5) is 5.69 Å². The number of sulfonamides is 2. The third-order valence-electron chi connectivity index (χ3n) is 5.43. The first kappa shape index (κ1) is 27.7. The Balaban J connectivity index is 1.69. The summed E-state index contributed by atoms with van der Waals surface area (Å²) in [7, 11) is -7.71. The van der Waals surface area contributed by atoms with Gasteiger partial charge in [-0.1, -0.05) is 29.8 Å². The zero-order chi connectivity index (χ0) is 26.5. The minimum atomic E-state index is -3.94. The Bertz CT molecular complexity index is 1420. The third kappa shape index (κ3) is 7.30. The number of benzene rings is 3. The van der Waals surface area contributed by atoms with Crippen molar-refractivity contribution >= 4 is 43.2 Å². The Morgan fingerprint density at radius 3 is 2.00 bits per heavy atom. The second-order valence-corrected chi connectivity index (χ2v) is 12.3. The summed E-state index contributed by atoms with van der Waals surface area (Å²) < 4.78 is 50.9. The molecule has 36 heavy (non-hydrogen) atoms. The van der Waals surface area contributed by atoms with E-state index >= 15 is 0 Å². The van der Waals surface area contributed by atoms with Gasteiger partial charge in [0.05, 0.1) is 15.5 Å². The minimum absolute atomic E-state index is 0.0173. The predicted octanol–water partition coefficient (Wildman–Crippen LogP) is 3.55. The first-order chi connectivity index (χ1) is 16.9. The molecule has 192 valence electrons. The van der Waals surface area contributed by atoms with Gasteiger partial charge < -0.3 is 5.32 Å². The maximum absolute atomic E-state index is 13.5. The van der Waals surface area contributed by atoms with Crippen LogP contribution in [0.25, 0.3) is 0 Å². The first-order valence-corrected chi connectivity index (χ1v) is 14.5. The highest BCUT2D eigenvalue weighted by Crippen LogP contribution is 2.27. The van der Waals surface area contributed by atoms with Crippen molar-refractivity contribution in [2.24, 2.45) is 5.14 Å². The number of hydrogen-bond donors (Lipinski definition) is 2. The van der Waals surface area contributed by atoms with Crippen LogP contribution in [0.1, 0.15) is 23.1 Å². The molecule has 1 amide bonds. The monoisotopic (exact) mass is 549 g/mol. The maximum atomic E-state index is 13.5. The van der Waals surface area contributed by atoms with Gasteiger partial charge in [-0.25, -0.2) is 22.0 Å². The average Bonchev–Trinajstić information content (AvgIpc) is 2.78. The number of hydrogen-bond acceptors (Lipinski definition) is 5. The highest BCUT2D eigenvalue weighted by molar-refractivity contribution is 7.92. The van der Waals surface area contributed by atoms with Gasteiger partial charge in [0.1, 0.15) is 0 Å². The molecule has 0 fully saturated rings. The van der Waals surface area contributed by atoms with E-state index in [1.165, 1.54) is 40.7 Å². The van der Waals surface area contributed by atoms with Crippen molar-refractivity contribution < 1.29 is 21.6 Å². The lowest BCUT2D eigenvalue weighted by Crippen LogP contribution is -2.36. The van der Waals surface area contributed by atoms with Crippen LogP contribution < -0.4 is 14.8 Å². The molecule has 3 rings (SSSR count). The van der Waals surface area contributed by atoms with Crippen LogP contribution in [0, 0.1) is 13.8 Å². The lowest BCUT2D eigenvalue weighted by atomic mass is 10.1. The summed E-state index contributed by atoms with van der Waals surface area (Å²) in [6.07, 6.45) is 0.421. The molecular weight excluding hydrogens is 522 g/mol. The van der Waals surface area contributed by atoms with E-state index in [4.69, 9.17) is 16.7 Å². The summed E-state index contributed by atoms with van der Waals surface area (Å²) in [5.74, 6) is -0.308. The molecule has 0 aliphatic rings. The number of nitrogens with zero attached hydrogens (tertiary/aromatic N) is 1. The number of carbonyl (C=O) groups excluding carboxylic acids is 1. The standard InChI is InChI=1S/C25H28ClN3O5S2/c1-18-15-19(2)17-22(16-18)29(36(33,34)24-9-5-21(26)6-10-24)14-12-25(30)28-13-11-20-3-7-23(8-4-20)35(27,31)32/h3-10,15-17H,11-14H2,1-2H3,(H,28,30)(H2,27,31,32). The van der Waals surface area contributed by atoms with Crippen molar-refractivity contribution in [1.82, 2.24) is 5.32 Å². The van der Waals surface area contributed by atoms with Crippen molar-refractivity contribution in [2.75, 3.05) is 17.4 Å². The molecule has 3 aromatic rings. The van der Waals surface area contributed by atoms with Gasteiger partial charge in [0.15, 0.2) is 0 Å². The van der Waals surface area contributed by atoms with Crippen LogP contribution in [0.15, 0.2) is 76.5 Å². The molecule has 0 aliphatic carbocycles. The van der Waals surface area contributed by atoms with E-state index in [1.54, 1.807) is 24.3 Å². The van der Waals surface area contributed by atoms with Gasteiger partial charge >= 0.3 is 0 Å². The fourth-order valence-corrected chi connectivity index (χ4v) is 5.79. The highest BCUT2D eigenvalue weighted by Gasteiger charge is 2.26. The van der Waals surface area contributed by atoms with Crippen LogP contribution >= 0.6 is 11.6 Å². The van der Waals surface area contributed by atoms with Gasteiger partial charge in [0.2, 0.25) is 15.9 Å². The van der Waals surface area contributed by atoms with E-state index in [-0.39, 0.29) is 28.7 Å². The molecule has 0 bridgehead atoms. The molecule has 3 aromatic carbocycles. The average molecular weight is 550 g/mol. The quantitative estimate of drug-likeness (QED) is 0.400. The summed E-state index contributed by atoms with van der Waals surface area (Å²) >= 11 is 5.93. The van der Waals surface area contributed by atoms with Crippen LogP contribution in [0.5, 0.6) is 0 Å². The number of carbonyl (C=O) groups is 1. The van der Waals surface area contributed by atoms with Gasteiger partial charge in [-0.15, -0.1) is 0 Å². The van der Waals surface area contributed by atoms with Gasteiger partial charge in [0, 0.05) is 24.5 Å². The zero-order valence-electron chi connectivity index (χ0n) is 19.9. The summed E-state index contributed by atoms with van der Waals surface area (Å²) in [6, 6.07) is 17.5. The van der Waals surface area contributed by atoms with E-state index in [1.807, 2.05) is 19.9 Å². The smallest absolute Gasteiger partial charge is 0.264 e. The Morgan fingerprint density at radius 2 is 1.44 bits per heavy atom. The van der Waals surface area contributed by atoms with Crippen molar-refractivity contribution in [3.05, 3.63) is 88.4 Å². The van der Waals surface area contributed by atoms with E-state index in [0.717, 1.165) is 16.7 Å². The number of rotatable bonds is 10. The van der Waals surface area contributed by atoms with Crippen molar-refractivity contribution in [2.45, 2.75) is 36.5 Å². The molecule has 0 aromatic heterocycles. The molecule has 0 unspecified atom stereocenters. The third-order valence-corrected chi connectivity index (χ3v) is 8.45. The number of primary sulfonamides is 1. The molecule has 0 aliphatic heterocycles. The molecule has 0 saturated heterocycles. The Morgan fingerprint density at radius 1 is 0.889 bits per heavy atom. The first-order valence-electron chi connectivity index (χ1n) is 11.1. The number of halogens is 1. The van der Waals surface area contributed by atoms with E-state index in [9.17, 15) is 21.6 Å². The molecular formula is C25H28ClN3O5S2. The molecule has 11 heteroatoms. The minimum Gasteiger partial charge on any atom is -0.356 e. The normalized spacial score (nSPS) is 11.8. The van der Waals surface area contributed by atoms with Gasteiger partial charge in [-0.3, -0.25) is 9.10 Å². The number of aryl methyl sites for hydroxylation is 2. The Labute approximate surface area is 217 Å². The number of nitrogens with two attached hydrogens (primary N) is 1. The molecule has 0 radical (unpaired) electrons. The van der Waals surface area contributed by atoms with Crippen molar-refractivity contribution in [3.63, 3.8) is 0 Å². The van der Waals surface area contributed by atoms with Gasteiger partial charge in [-0.05, 0) is 85.5 Å². The SMILES string of the molecule is Cc1cc(C)cc(N(CCC(=O)NCCc2ccc(S(N)(=O)=O)cc2)S(=O)(=O)c2ccc(Cl)cc2)c1. The second kappa shape index (κ2) is 11.4.